The number of quaternary nitrogens is 1. The number of amides is 2. The minimum atomic E-state index is -0.183. The quantitative estimate of drug-likeness (QED) is 0.782. The summed E-state index contributed by atoms with van der Waals surface area (Å²) in [5.41, 5.74) is 1.89. The van der Waals surface area contributed by atoms with Crippen LogP contribution in [0.3, 0.4) is 0 Å². The van der Waals surface area contributed by atoms with E-state index >= 15 is 0 Å². The molecule has 0 spiro atoms. The molecule has 0 bridgehead atoms. The van der Waals surface area contributed by atoms with Crippen LogP contribution >= 0.6 is 0 Å². The van der Waals surface area contributed by atoms with Crippen LogP contribution in [0.25, 0.3) is 0 Å². The van der Waals surface area contributed by atoms with Gasteiger partial charge >= 0.3 is 0 Å². The number of piperazine rings is 1. The number of carbonyl (C=O) groups excluding carboxylic acids is 2. The lowest BCUT2D eigenvalue weighted by Crippen LogP contribution is -3.15. The van der Waals surface area contributed by atoms with Crippen molar-refractivity contribution in [2.75, 3.05) is 44.2 Å². The van der Waals surface area contributed by atoms with Gasteiger partial charge in [-0.25, -0.2) is 0 Å². The molecule has 0 unspecified atom stereocenters. The van der Waals surface area contributed by atoms with Gasteiger partial charge in [0.2, 0.25) is 0 Å². The highest BCUT2D eigenvalue weighted by atomic mass is 16.3. The molecule has 0 saturated carbocycles. The average Bonchev–Trinajstić information content (AvgIpc) is 2.92. The molecule has 2 N–H and O–H groups in total. The highest BCUT2D eigenvalue weighted by Gasteiger charge is 2.35. The molecule has 134 valence electrons. The van der Waals surface area contributed by atoms with Crippen molar-refractivity contribution in [3.05, 3.63) is 59.7 Å². The van der Waals surface area contributed by atoms with Gasteiger partial charge in [-0.15, -0.1) is 0 Å². The van der Waals surface area contributed by atoms with Crippen molar-refractivity contribution in [1.82, 2.24) is 4.90 Å². The van der Waals surface area contributed by atoms with E-state index in [1.54, 1.807) is 30.3 Å². The molecule has 4 rings (SSSR count). The van der Waals surface area contributed by atoms with Crippen molar-refractivity contribution in [3.8, 4) is 5.75 Å². The second-order valence-corrected chi connectivity index (χ2v) is 6.78. The van der Waals surface area contributed by atoms with Gasteiger partial charge in [-0.05, 0) is 24.3 Å². The number of rotatable bonds is 4. The minimum Gasteiger partial charge on any atom is -0.506 e. The van der Waals surface area contributed by atoms with Crippen molar-refractivity contribution >= 4 is 17.5 Å². The van der Waals surface area contributed by atoms with Crippen LogP contribution in [0.15, 0.2) is 48.5 Å². The maximum atomic E-state index is 12.4. The predicted octanol–water partition coefficient (Wildman–Crippen LogP) is 0.393. The molecule has 26 heavy (non-hydrogen) atoms. The molecule has 0 atom stereocenters. The SMILES string of the molecule is O=C1c2ccccc2C(=O)N1CC[NH+]1CCN(c2ccccc2O)CC1. The molecule has 2 aliphatic heterocycles. The maximum Gasteiger partial charge on any atom is 0.261 e. The summed E-state index contributed by atoms with van der Waals surface area (Å²) >= 11 is 0. The molecule has 0 aliphatic carbocycles. The van der Waals surface area contributed by atoms with E-state index in [0.29, 0.717) is 23.4 Å². The number of hydrogen-bond acceptors (Lipinski definition) is 4. The molecule has 2 amide bonds. The van der Waals surface area contributed by atoms with Gasteiger partial charge in [0.15, 0.2) is 0 Å². The Morgan fingerprint density at radius 2 is 1.46 bits per heavy atom. The Balaban J connectivity index is 1.33. The number of imide groups is 1. The monoisotopic (exact) mass is 352 g/mol. The summed E-state index contributed by atoms with van der Waals surface area (Å²) in [5, 5.41) is 9.99. The molecule has 6 heteroatoms. The number of benzene rings is 2. The lowest BCUT2D eigenvalue weighted by Gasteiger charge is -2.34. The number of para-hydroxylation sites is 2. The Kier molecular flexibility index (Phi) is 4.34. The first-order valence-electron chi connectivity index (χ1n) is 8.97. The predicted molar refractivity (Wildman–Crippen MR) is 97.7 cm³/mol. The van der Waals surface area contributed by atoms with Crippen molar-refractivity contribution in [3.63, 3.8) is 0 Å². The molecular formula is C20H22N3O3+. The minimum absolute atomic E-state index is 0.183. The van der Waals surface area contributed by atoms with E-state index < -0.39 is 0 Å². The molecule has 2 aromatic carbocycles. The summed E-state index contributed by atoms with van der Waals surface area (Å²) < 4.78 is 0. The third-order valence-electron chi connectivity index (χ3n) is 5.26. The smallest absolute Gasteiger partial charge is 0.261 e. The third-order valence-corrected chi connectivity index (χ3v) is 5.26. The molecule has 1 fully saturated rings. The normalized spacial score (nSPS) is 17.7. The summed E-state index contributed by atoms with van der Waals surface area (Å²) in [6.07, 6.45) is 0. The van der Waals surface area contributed by atoms with Crippen LogP contribution in [0.4, 0.5) is 5.69 Å². The van der Waals surface area contributed by atoms with Crippen LogP contribution in [0, 0.1) is 0 Å². The first-order valence-corrected chi connectivity index (χ1v) is 8.97. The maximum absolute atomic E-state index is 12.4. The zero-order valence-electron chi connectivity index (χ0n) is 14.5. The average molecular weight is 352 g/mol. The van der Waals surface area contributed by atoms with Crippen LogP contribution < -0.4 is 9.80 Å². The number of fused-ring (bicyclic) bond motifs is 1. The summed E-state index contributed by atoms with van der Waals surface area (Å²) in [7, 11) is 0. The molecule has 1 saturated heterocycles. The first-order chi connectivity index (χ1) is 12.6. The molecular weight excluding hydrogens is 330 g/mol. The fraction of sp³-hybridized carbons (Fsp3) is 0.300. The van der Waals surface area contributed by atoms with Crippen molar-refractivity contribution in [1.29, 1.82) is 0 Å². The van der Waals surface area contributed by atoms with Gasteiger partial charge in [-0.3, -0.25) is 14.5 Å². The van der Waals surface area contributed by atoms with Gasteiger partial charge in [0.25, 0.3) is 11.8 Å². The van der Waals surface area contributed by atoms with E-state index in [4.69, 9.17) is 0 Å². The molecule has 0 aromatic heterocycles. The number of nitrogens with one attached hydrogen (secondary N) is 1. The zero-order valence-corrected chi connectivity index (χ0v) is 14.5. The summed E-state index contributed by atoms with van der Waals surface area (Å²) in [5.74, 6) is -0.0577. The second kappa shape index (κ2) is 6.80. The lowest BCUT2D eigenvalue weighted by atomic mass is 10.1. The Morgan fingerprint density at radius 1 is 0.885 bits per heavy atom. The topological polar surface area (TPSA) is 65.3 Å². The standard InChI is InChI=1S/C20H21N3O3/c24-18-8-4-3-7-17(18)22-12-9-21(10-13-22)11-14-23-19(25)15-5-1-2-6-16(15)20(23)26/h1-8,24H,9-14H2/p+1. The largest absolute Gasteiger partial charge is 0.506 e. The highest BCUT2D eigenvalue weighted by molar-refractivity contribution is 6.21. The number of phenolic OH excluding ortho intramolecular Hbond substituents is 1. The van der Waals surface area contributed by atoms with Crippen molar-refractivity contribution in [2.24, 2.45) is 0 Å². The third kappa shape index (κ3) is 2.93. The summed E-state index contributed by atoms with van der Waals surface area (Å²) in [6, 6.07) is 14.4. The summed E-state index contributed by atoms with van der Waals surface area (Å²) in [4.78, 5) is 29.7. The Morgan fingerprint density at radius 3 is 2.08 bits per heavy atom. The fourth-order valence-electron chi connectivity index (χ4n) is 3.76. The van der Waals surface area contributed by atoms with E-state index in [1.165, 1.54) is 9.80 Å². The molecule has 2 aliphatic rings. The molecule has 0 radical (unpaired) electrons. The first kappa shape index (κ1) is 16.6. The zero-order chi connectivity index (χ0) is 18.1. The number of hydrogen-bond donors (Lipinski definition) is 2. The molecule has 2 heterocycles. The second-order valence-electron chi connectivity index (χ2n) is 6.78. The lowest BCUT2D eigenvalue weighted by molar-refractivity contribution is -0.899. The number of phenols is 1. The highest BCUT2D eigenvalue weighted by Crippen LogP contribution is 2.26. The number of aromatic hydroxyl groups is 1. The Hall–Kier alpha value is -2.86. The number of anilines is 1. The van der Waals surface area contributed by atoms with Crippen LogP contribution in [-0.4, -0.2) is 61.1 Å². The van der Waals surface area contributed by atoms with Crippen molar-refractivity contribution in [2.45, 2.75) is 0 Å². The van der Waals surface area contributed by atoms with Gasteiger partial charge in [0.1, 0.15) is 5.75 Å². The Bertz CT molecular complexity index is 809. The van der Waals surface area contributed by atoms with Gasteiger partial charge < -0.3 is 14.9 Å². The van der Waals surface area contributed by atoms with E-state index in [2.05, 4.69) is 4.90 Å². The van der Waals surface area contributed by atoms with Gasteiger partial charge in [-0.1, -0.05) is 24.3 Å². The van der Waals surface area contributed by atoms with Gasteiger partial charge in [0, 0.05) is 0 Å². The van der Waals surface area contributed by atoms with E-state index in [-0.39, 0.29) is 11.8 Å². The van der Waals surface area contributed by atoms with Crippen LogP contribution in [0.1, 0.15) is 20.7 Å². The molecule has 2 aromatic rings. The van der Waals surface area contributed by atoms with E-state index in [1.807, 2.05) is 18.2 Å². The fourth-order valence-corrected chi connectivity index (χ4v) is 3.76. The van der Waals surface area contributed by atoms with Crippen LogP contribution in [-0.2, 0) is 0 Å². The molecule has 6 nitrogen and oxygen atoms in total. The van der Waals surface area contributed by atoms with Crippen molar-refractivity contribution < 1.29 is 19.6 Å². The van der Waals surface area contributed by atoms with E-state index in [9.17, 15) is 14.7 Å². The van der Waals surface area contributed by atoms with Gasteiger partial charge in [-0.2, -0.15) is 0 Å². The Labute approximate surface area is 152 Å². The van der Waals surface area contributed by atoms with Crippen LogP contribution in [0.5, 0.6) is 5.75 Å². The van der Waals surface area contributed by atoms with Gasteiger partial charge in [0.05, 0.1) is 56.1 Å². The number of carbonyl (C=O) groups is 2. The summed E-state index contributed by atoms with van der Waals surface area (Å²) in [6.45, 7) is 4.71. The van der Waals surface area contributed by atoms with E-state index in [0.717, 1.165) is 38.4 Å². The van der Waals surface area contributed by atoms with Crippen LogP contribution in [0.2, 0.25) is 0 Å². The number of nitrogens with zero attached hydrogens (tertiary/aromatic N) is 2.